The molecule has 0 aliphatic rings. The van der Waals surface area contributed by atoms with E-state index in [0.29, 0.717) is 18.3 Å². The molecular weight excluding hydrogens is 320 g/mol. The molecule has 5 nitrogen and oxygen atoms in total. The Morgan fingerprint density at radius 1 is 1.35 bits per heavy atom. The van der Waals surface area contributed by atoms with E-state index in [-0.39, 0.29) is 0 Å². The molecule has 0 aliphatic carbocycles. The zero-order valence-electron chi connectivity index (χ0n) is 10.9. The Labute approximate surface area is 124 Å². The van der Waals surface area contributed by atoms with Gasteiger partial charge in [-0.1, -0.05) is 12.1 Å². The molecule has 0 spiro atoms. The van der Waals surface area contributed by atoms with Crippen LogP contribution in [0.15, 0.2) is 45.5 Å². The molecular formula is C14H13BrN4O. The van der Waals surface area contributed by atoms with Gasteiger partial charge in [0.2, 0.25) is 5.89 Å². The summed E-state index contributed by atoms with van der Waals surface area (Å²) in [6.07, 6.45) is 1.64. The number of oxazole rings is 1. The van der Waals surface area contributed by atoms with Crippen molar-refractivity contribution in [2.24, 2.45) is 0 Å². The van der Waals surface area contributed by atoms with Gasteiger partial charge in [0.25, 0.3) is 0 Å². The van der Waals surface area contributed by atoms with Crippen LogP contribution in [0, 0.1) is 6.92 Å². The molecule has 2 heterocycles. The molecule has 0 radical (unpaired) electrons. The van der Waals surface area contributed by atoms with E-state index >= 15 is 0 Å². The van der Waals surface area contributed by atoms with Crippen molar-refractivity contribution < 1.29 is 4.42 Å². The number of nitrogen functional groups attached to an aromatic ring is 1. The summed E-state index contributed by atoms with van der Waals surface area (Å²) < 4.78 is 8.29. The molecule has 0 saturated heterocycles. The van der Waals surface area contributed by atoms with E-state index in [4.69, 9.17) is 10.2 Å². The van der Waals surface area contributed by atoms with Crippen LogP contribution in [0.3, 0.4) is 0 Å². The molecule has 0 amide bonds. The number of nitrogens with zero attached hydrogens (tertiary/aromatic N) is 3. The first-order valence-electron chi connectivity index (χ1n) is 6.13. The molecule has 20 heavy (non-hydrogen) atoms. The second-order valence-electron chi connectivity index (χ2n) is 4.49. The monoisotopic (exact) mass is 332 g/mol. The van der Waals surface area contributed by atoms with Crippen LogP contribution in [0.4, 0.5) is 5.82 Å². The van der Waals surface area contributed by atoms with Gasteiger partial charge in [-0.05, 0) is 35.0 Å². The summed E-state index contributed by atoms with van der Waals surface area (Å²) in [5, 5.41) is 4.21. The minimum absolute atomic E-state index is 0.511. The summed E-state index contributed by atoms with van der Waals surface area (Å²) in [6, 6.07) is 9.64. The summed E-state index contributed by atoms with van der Waals surface area (Å²) in [4.78, 5) is 4.49. The van der Waals surface area contributed by atoms with Crippen molar-refractivity contribution in [2.75, 3.05) is 5.73 Å². The van der Waals surface area contributed by atoms with E-state index in [1.807, 2.05) is 37.3 Å². The fourth-order valence-electron chi connectivity index (χ4n) is 1.99. The minimum Gasteiger partial charge on any atom is -0.444 e. The van der Waals surface area contributed by atoms with Crippen molar-refractivity contribution in [1.82, 2.24) is 14.8 Å². The van der Waals surface area contributed by atoms with E-state index in [9.17, 15) is 0 Å². The quantitative estimate of drug-likeness (QED) is 0.799. The van der Waals surface area contributed by atoms with E-state index in [0.717, 1.165) is 21.4 Å². The largest absolute Gasteiger partial charge is 0.444 e. The molecule has 6 heteroatoms. The Morgan fingerprint density at radius 2 is 2.15 bits per heavy atom. The van der Waals surface area contributed by atoms with Gasteiger partial charge in [0.15, 0.2) is 0 Å². The molecule has 1 aromatic carbocycles. The highest BCUT2D eigenvalue weighted by Gasteiger charge is 2.11. The molecule has 0 saturated carbocycles. The summed E-state index contributed by atoms with van der Waals surface area (Å²) in [7, 11) is 0. The van der Waals surface area contributed by atoms with Crippen molar-refractivity contribution in [3.63, 3.8) is 0 Å². The minimum atomic E-state index is 0.511. The number of aromatic nitrogens is 3. The number of hydrogen-bond donors (Lipinski definition) is 1. The third kappa shape index (κ3) is 2.46. The highest BCUT2D eigenvalue weighted by Crippen LogP contribution is 2.27. The van der Waals surface area contributed by atoms with Crippen LogP contribution in [0.25, 0.3) is 11.5 Å². The average molecular weight is 333 g/mol. The number of nitrogens with two attached hydrogens (primary N) is 1. The Hall–Kier alpha value is -2.08. The zero-order valence-corrected chi connectivity index (χ0v) is 12.5. The van der Waals surface area contributed by atoms with E-state index in [1.54, 1.807) is 10.9 Å². The lowest BCUT2D eigenvalue weighted by atomic mass is 10.2. The predicted octanol–water partition coefficient (Wildman–Crippen LogP) is 3.24. The number of aryl methyl sites for hydroxylation is 1. The zero-order chi connectivity index (χ0) is 14.1. The number of halogens is 1. The van der Waals surface area contributed by atoms with E-state index < -0.39 is 0 Å². The third-order valence-electron chi connectivity index (χ3n) is 2.97. The van der Waals surface area contributed by atoms with Gasteiger partial charge in [-0.2, -0.15) is 5.10 Å². The summed E-state index contributed by atoms with van der Waals surface area (Å²) in [6.45, 7) is 2.50. The normalized spacial score (nSPS) is 10.9. The molecule has 0 bridgehead atoms. The number of hydrogen-bond acceptors (Lipinski definition) is 4. The third-order valence-corrected chi connectivity index (χ3v) is 3.66. The first-order chi connectivity index (χ1) is 9.63. The van der Waals surface area contributed by atoms with Crippen LogP contribution >= 0.6 is 15.9 Å². The maximum absolute atomic E-state index is 5.67. The number of benzene rings is 1. The number of anilines is 1. The Bertz CT molecular complexity index is 747. The number of rotatable bonds is 3. The van der Waals surface area contributed by atoms with Crippen molar-refractivity contribution in [3.05, 3.63) is 52.5 Å². The molecule has 2 aromatic heterocycles. The molecule has 0 aliphatic heterocycles. The standard InChI is InChI=1S/C14H13BrN4O/c1-9-6-13(16)18-19(9)7-10-8-20-14(17-10)11-4-2-3-5-12(11)15/h2-6,8H,7H2,1H3,(H2,16,18). The highest BCUT2D eigenvalue weighted by atomic mass is 79.9. The predicted molar refractivity (Wildman–Crippen MR) is 80.1 cm³/mol. The topological polar surface area (TPSA) is 69.9 Å². The van der Waals surface area contributed by atoms with Gasteiger partial charge in [-0.15, -0.1) is 0 Å². The Morgan fingerprint density at radius 3 is 2.85 bits per heavy atom. The molecule has 2 N–H and O–H groups in total. The van der Waals surface area contributed by atoms with Crippen LogP contribution in [-0.2, 0) is 6.54 Å². The van der Waals surface area contributed by atoms with Crippen molar-refractivity contribution in [3.8, 4) is 11.5 Å². The van der Waals surface area contributed by atoms with Gasteiger partial charge in [0.1, 0.15) is 17.8 Å². The van der Waals surface area contributed by atoms with Gasteiger partial charge >= 0.3 is 0 Å². The summed E-state index contributed by atoms with van der Waals surface area (Å²) in [5.41, 5.74) is 8.39. The first-order valence-corrected chi connectivity index (χ1v) is 6.92. The van der Waals surface area contributed by atoms with Gasteiger partial charge in [-0.25, -0.2) is 4.98 Å². The SMILES string of the molecule is Cc1cc(N)nn1Cc1coc(-c2ccccc2Br)n1. The van der Waals surface area contributed by atoms with Crippen LogP contribution in [0.2, 0.25) is 0 Å². The Balaban J connectivity index is 1.88. The fourth-order valence-corrected chi connectivity index (χ4v) is 2.44. The van der Waals surface area contributed by atoms with Crippen molar-refractivity contribution >= 4 is 21.7 Å². The molecule has 0 fully saturated rings. The second-order valence-corrected chi connectivity index (χ2v) is 5.35. The van der Waals surface area contributed by atoms with E-state index in [1.165, 1.54) is 0 Å². The molecule has 102 valence electrons. The van der Waals surface area contributed by atoms with Crippen molar-refractivity contribution in [2.45, 2.75) is 13.5 Å². The lowest BCUT2D eigenvalue weighted by Gasteiger charge is -2.00. The molecule has 3 rings (SSSR count). The molecule has 0 atom stereocenters. The average Bonchev–Trinajstić information content (AvgIpc) is 2.98. The lowest BCUT2D eigenvalue weighted by molar-refractivity contribution is 0.568. The van der Waals surface area contributed by atoms with Crippen LogP contribution in [0.5, 0.6) is 0 Å². The second kappa shape index (κ2) is 5.13. The van der Waals surface area contributed by atoms with Crippen molar-refractivity contribution in [1.29, 1.82) is 0 Å². The van der Waals surface area contributed by atoms with Gasteiger partial charge < -0.3 is 10.2 Å². The lowest BCUT2D eigenvalue weighted by Crippen LogP contribution is -2.04. The molecule has 0 unspecified atom stereocenters. The summed E-state index contributed by atoms with van der Waals surface area (Å²) >= 11 is 3.49. The maximum Gasteiger partial charge on any atom is 0.227 e. The van der Waals surface area contributed by atoms with E-state index in [2.05, 4.69) is 26.0 Å². The van der Waals surface area contributed by atoms with Crippen LogP contribution in [0.1, 0.15) is 11.4 Å². The van der Waals surface area contributed by atoms with Gasteiger partial charge in [-0.3, -0.25) is 4.68 Å². The summed E-state index contributed by atoms with van der Waals surface area (Å²) in [5.74, 6) is 1.10. The molecule has 3 aromatic rings. The highest BCUT2D eigenvalue weighted by molar-refractivity contribution is 9.10. The van der Waals surface area contributed by atoms with Gasteiger partial charge in [0.05, 0.1) is 12.1 Å². The smallest absolute Gasteiger partial charge is 0.227 e. The maximum atomic E-state index is 5.67. The van der Waals surface area contributed by atoms with Gasteiger partial charge in [0, 0.05) is 16.2 Å². The van der Waals surface area contributed by atoms with Crippen LogP contribution < -0.4 is 5.73 Å². The Kier molecular flexibility index (Phi) is 3.31. The van der Waals surface area contributed by atoms with Crippen LogP contribution in [-0.4, -0.2) is 14.8 Å². The first kappa shape index (κ1) is 12.9. The fraction of sp³-hybridized carbons (Fsp3) is 0.143.